The molecule has 20 heavy (non-hydrogen) atoms. The molecule has 1 N–H and O–H groups in total. The minimum atomic E-state index is 0.564. The Morgan fingerprint density at radius 3 is 3.00 bits per heavy atom. The van der Waals surface area contributed by atoms with Gasteiger partial charge in [0.2, 0.25) is 5.16 Å². The average Bonchev–Trinajstić information content (AvgIpc) is 2.89. The van der Waals surface area contributed by atoms with Gasteiger partial charge in [0.15, 0.2) is 0 Å². The second-order valence-electron chi connectivity index (χ2n) is 5.69. The number of rotatable bonds is 6. The summed E-state index contributed by atoms with van der Waals surface area (Å²) < 4.78 is 1.81. The summed E-state index contributed by atoms with van der Waals surface area (Å²) >= 11 is 1.64. The van der Waals surface area contributed by atoms with E-state index in [-0.39, 0.29) is 0 Å². The van der Waals surface area contributed by atoms with Gasteiger partial charge < -0.3 is 5.32 Å². The number of nitrogens with one attached hydrogen (secondary N) is 1. The first kappa shape index (κ1) is 15.4. The first-order chi connectivity index (χ1) is 9.61. The van der Waals surface area contributed by atoms with Crippen LogP contribution in [-0.4, -0.2) is 32.0 Å². The first-order valence-corrected chi connectivity index (χ1v) is 8.43. The summed E-state index contributed by atoms with van der Waals surface area (Å²) in [5, 5.41) is 16.1. The summed E-state index contributed by atoms with van der Waals surface area (Å²) in [6.45, 7) is 11.7. The maximum Gasteiger partial charge on any atom is 0.209 e. The molecule has 0 bridgehead atoms. The van der Waals surface area contributed by atoms with Crippen LogP contribution in [0.2, 0.25) is 0 Å². The lowest BCUT2D eigenvalue weighted by Gasteiger charge is -2.35. The molecule has 1 heterocycles. The highest BCUT2D eigenvalue weighted by Gasteiger charge is 2.26. The van der Waals surface area contributed by atoms with Crippen LogP contribution in [0.5, 0.6) is 0 Å². The standard InChI is InChI=1S/C14H25N5S/c1-5-19-14(16-17-18-19)20-9-11(3)15-13-8-6-7-10(2)12(13)4/h10,12-13,15H,3,5-9H2,1-2,4H3. The van der Waals surface area contributed by atoms with Crippen molar-refractivity contribution in [3.05, 3.63) is 12.3 Å². The lowest BCUT2D eigenvalue weighted by Crippen LogP contribution is -2.40. The average molecular weight is 295 g/mol. The molecule has 0 amide bonds. The van der Waals surface area contributed by atoms with Crippen molar-refractivity contribution in [2.24, 2.45) is 11.8 Å². The van der Waals surface area contributed by atoms with E-state index in [1.807, 2.05) is 11.6 Å². The fourth-order valence-corrected chi connectivity index (χ4v) is 3.54. The van der Waals surface area contributed by atoms with Crippen LogP contribution in [-0.2, 0) is 6.54 Å². The molecule has 1 aromatic rings. The Morgan fingerprint density at radius 1 is 1.45 bits per heavy atom. The van der Waals surface area contributed by atoms with Crippen molar-refractivity contribution >= 4 is 11.8 Å². The number of nitrogens with zero attached hydrogens (tertiary/aromatic N) is 4. The molecule has 3 atom stereocenters. The van der Waals surface area contributed by atoms with Gasteiger partial charge in [0, 0.05) is 24.0 Å². The number of thioether (sulfide) groups is 1. The van der Waals surface area contributed by atoms with Crippen LogP contribution in [0, 0.1) is 11.8 Å². The molecular weight excluding hydrogens is 270 g/mol. The fourth-order valence-electron chi connectivity index (χ4n) is 2.74. The van der Waals surface area contributed by atoms with Gasteiger partial charge >= 0.3 is 0 Å². The maximum atomic E-state index is 4.15. The lowest BCUT2D eigenvalue weighted by molar-refractivity contribution is 0.217. The highest BCUT2D eigenvalue weighted by Crippen LogP contribution is 2.30. The van der Waals surface area contributed by atoms with E-state index in [0.29, 0.717) is 12.0 Å². The molecule has 5 nitrogen and oxygen atoms in total. The number of hydrogen-bond acceptors (Lipinski definition) is 5. The largest absolute Gasteiger partial charge is 0.385 e. The molecule has 6 heteroatoms. The Hall–Kier alpha value is -1.04. The highest BCUT2D eigenvalue weighted by molar-refractivity contribution is 7.99. The van der Waals surface area contributed by atoms with Gasteiger partial charge in [-0.25, -0.2) is 4.68 Å². The predicted octanol–water partition coefficient (Wildman–Crippen LogP) is 2.71. The van der Waals surface area contributed by atoms with E-state index in [1.165, 1.54) is 19.3 Å². The number of tetrazole rings is 1. The third-order valence-corrected chi connectivity index (χ3v) is 5.31. The van der Waals surface area contributed by atoms with Crippen molar-refractivity contribution < 1.29 is 0 Å². The van der Waals surface area contributed by atoms with Gasteiger partial charge in [-0.15, -0.1) is 5.10 Å². The third-order valence-electron chi connectivity index (χ3n) is 4.27. The maximum absolute atomic E-state index is 4.15. The van der Waals surface area contributed by atoms with Gasteiger partial charge in [-0.05, 0) is 35.6 Å². The Balaban J connectivity index is 1.80. The van der Waals surface area contributed by atoms with Crippen molar-refractivity contribution in [3.8, 4) is 0 Å². The second kappa shape index (κ2) is 7.11. The van der Waals surface area contributed by atoms with Gasteiger partial charge in [-0.1, -0.05) is 45.0 Å². The molecule has 1 aromatic heterocycles. The number of hydrogen-bond donors (Lipinski definition) is 1. The van der Waals surface area contributed by atoms with Gasteiger partial charge in [0.1, 0.15) is 0 Å². The van der Waals surface area contributed by atoms with Gasteiger partial charge in [-0.3, -0.25) is 0 Å². The van der Waals surface area contributed by atoms with Crippen LogP contribution in [0.4, 0.5) is 0 Å². The molecule has 0 aromatic carbocycles. The van der Waals surface area contributed by atoms with Crippen molar-refractivity contribution in [1.82, 2.24) is 25.5 Å². The van der Waals surface area contributed by atoms with E-state index >= 15 is 0 Å². The molecule has 0 radical (unpaired) electrons. The summed E-state index contributed by atoms with van der Waals surface area (Å²) in [4.78, 5) is 0. The van der Waals surface area contributed by atoms with Crippen LogP contribution < -0.4 is 5.32 Å². The monoisotopic (exact) mass is 295 g/mol. The van der Waals surface area contributed by atoms with Crippen LogP contribution in [0.25, 0.3) is 0 Å². The zero-order chi connectivity index (χ0) is 14.5. The van der Waals surface area contributed by atoms with Crippen molar-refractivity contribution in [1.29, 1.82) is 0 Å². The second-order valence-corrected chi connectivity index (χ2v) is 6.63. The molecule has 0 spiro atoms. The zero-order valence-electron chi connectivity index (χ0n) is 12.7. The smallest absolute Gasteiger partial charge is 0.209 e. The number of aryl methyl sites for hydroxylation is 1. The van der Waals surface area contributed by atoms with Crippen LogP contribution >= 0.6 is 11.8 Å². The summed E-state index contributed by atoms with van der Waals surface area (Å²) in [6.07, 6.45) is 3.92. The van der Waals surface area contributed by atoms with Crippen molar-refractivity contribution in [3.63, 3.8) is 0 Å². The van der Waals surface area contributed by atoms with Gasteiger partial charge in [0.05, 0.1) is 0 Å². The van der Waals surface area contributed by atoms with E-state index in [2.05, 4.69) is 41.3 Å². The lowest BCUT2D eigenvalue weighted by atomic mass is 9.78. The van der Waals surface area contributed by atoms with Crippen molar-refractivity contribution in [2.45, 2.75) is 57.8 Å². The summed E-state index contributed by atoms with van der Waals surface area (Å²) in [7, 11) is 0. The topological polar surface area (TPSA) is 55.6 Å². The molecule has 1 aliphatic rings. The summed E-state index contributed by atoms with van der Waals surface area (Å²) in [5.74, 6) is 2.33. The molecular formula is C14H25N5S. The predicted molar refractivity (Wildman–Crippen MR) is 82.5 cm³/mol. The Morgan fingerprint density at radius 2 is 2.25 bits per heavy atom. The quantitative estimate of drug-likeness (QED) is 0.818. The molecule has 1 fully saturated rings. The Labute approximate surface area is 125 Å². The molecule has 1 saturated carbocycles. The molecule has 1 aliphatic carbocycles. The summed E-state index contributed by atoms with van der Waals surface area (Å²) in [5.41, 5.74) is 1.08. The molecule has 2 rings (SSSR count). The zero-order valence-corrected chi connectivity index (χ0v) is 13.5. The molecule has 112 valence electrons. The van der Waals surface area contributed by atoms with E-state index in [4.69, 9.17) is 0 Å². The Bertz CT molecular complexity index is 445. The molecule has 0 aliphatic heterocycles. The van der Waals surface area contributed by atoms with Crippen LogP contribution in [0.1, 0.15) is 40.0 Å². The van der Waals surface area contributed by atoms with E-state index in [1.54, 1.807) is 11.8 Å². The fraction of sp³-hybridized carbons (Fsp3) is 0.786. The van der Waals surface area contributed by atoms with Crippen molar-refractivity contribution in [2.75, 3.05) is 5.75 Å². The minimum absolute atomic E-state index is 0.564. The van der Waals surface area contributed by atoms with E-state index < -0.39 is 0 Å². The van der Waals surface area contributed by atoms with E-state index in [0.717, 1.165) is 29.1 Å². The minimum Gasteiger partial charge on any atom is -0.385 e. The highest BCUT2D eigenvalue weighted by atomic mass is 32.2. The third kappa shape index (κ3) is 3.75. The molecule has 3 unspecified atom stereocenters. The first-order valence-electron chi connectivity index (χ1n) is 7.45. The summed E-state index contributed by atoms with van der Waals surface area (Å²) in [6, 6.07) is 0.564. The number of aromatic nitrogens is 4. The normalized spacial score (nSPS) is 26.4. The van der Waals surface area contributed by atoms with Gasteiger partial charge in [0.25, 0.3) is 0 Å². The van der Waals surface area contributed by atoms with Crippen LogP contribution in [0.3, 0.4) is 0 Å². The Kier molecular flexibility index (Phi) is 5.46. The SMILES string of the molecule is C=C(CSc1nnnn1CC)NC1CCCC(C)C1C. The van der Waals surface area contributed by atoms with Crippen LogP contribution in [0.15, 0.2) is 17.4 Å². The van der Waals surface area contributed by atoms with Gasteiger partial charge in [-0.2, -0.15) is 0 Å². The molecule has 0 saturated heterocycles. The van der Waals surface area contributed by atoms with E-state index in [9.17, 15) is 0 Å².